The fourth-order valence-corrected chi connectivity index (χ4v) is 3.86. The lowest BCUT2D eigenvalue weighted by Crippen LogP contribution is -2.28. The molecule has 2 aliphatic carbocycles. The van der Waals surface area contributed by atoms with Gasteiger partial charge in [0.25, 0.3) is 0 Å². The molecule has 1 atom stereocenters. The molecule has 1 fully saturated rings. The number of fused-ring (bicyclic) bond motifs is 1. The average molecular weight is 573 g/mol. The number of aromatic carboxylic acids is 2. The molecule has 216 valence electrons. The Morgan fingerprint density at radius 1 is 0.974 bits per heavy atom. The number of pyridine rings is 1. The van der Waals surface area contributed by atoms with E-state index < -0.39 is 41.1 Å². The molecule has 1 aromatic rings. The van der Waals surface area contributed by atoms with Crippen LogP contribution in [0.4, 0.5) is 5.82 Å². The van der Waals surface area contributed by atoms with Crippen LogP contribution in [0.3, 0.4) is 0 Å². The van der Waals surface area contributed by atoms with E-state index in [2.05, 4.69) is 14.5 Å². The zero-order chi connectivity index (χ0) is 29.0. The minimum Gasteiger partial charge on any atom is -0.478 e. The summed E-state index contributed by atoms with van der Waals surface area (Å²) in [5.74, 6) is -5.82. The van der Waals surface area contributed by atoms with Crippen LogP contribution >= 0.6 is 12.4 Å². The fourth-order valence-electron chi connectivity index (χ4n) is 3.86. The van der Waals surface area contributed by atoms with Gasteiger partial charge in [-0.2, -0.15) is 0 Å². The number of esters is 2. The SMILES string of the molecule is CCOC(=O)C(=O)C1CCCC1=O.CCOC(=O)CC(=N)N.Cl.Nc1nc2c(c(C(=O)O)c1C(=O)O)CCC2. The Morgan fingerprint density at radius 2 is 1.56 bits per heavy atom. The summed E-state index contributed by atoms with van der Waals surface area (Å²) in [6, 6.07) is 0. The summed E-state index contributed by atoms with van der Waals surface area (Å²) in [7, 11) is 0. The van der Waals surface area contributed by atoms with Gasteiger partial charge in [-0.25, -0.2) is 19.4 Å². The van der Waals surface area contributed by atoms with Crippen LogP contribution < -0.4 is 11.5 Å². The Balaban J connectivity index is 0.000000572. The number of halogens is 1. The van der Waals surface area contributed by atoms with Gasteiger partial charge >= 0.3 is 23.9 Å². The van der Waals surface area contributed by atoms with Crippen molar-refractivity contribution in [2.45, 2.75) is 58.8 Å². The molecule has 1 heterocycles. The molecular weight excluding hydrogens is 540 g/mol. The molecule has 7 N–H and O–H groups in total. The second kappa shape index (κ2) is 16.7. The normalized spacial score (nSPS) is 14.7. The highest BCUT2D eigenvalue weighted by atomic mass is 35.5. The van der Waals surface area contributed by atoms with Crippen LogP contribution in [0.25, 0.3) is 0 Å². The zero-order valence-electron chi connectivity index (χ0n) is 21.6. The van der Waals surface area contributed by atoms with Gasteiger partial charge in [0.1, 0.15) is 29.4 Å². The number of aryl methyl sites for hydroxylation is 1. The van der Waals surface area contributed by atoms with Gasteiger partial charge in [-0.3, -0.25) is 19.8 Å². The van der Waals surface area contributed by atoms with Crippen LogP contribution in [0, 0.1) is 11.3 Å². The van der Waals surface area contributed by atoms with Crippen LogP contribution in [0.5, 0.6) is 0 Å². The number of rotatable bonds is 8. The molecular formula is C24H33ClN4O10. The van der Waals surface area contributed by atoms with Gasteiger partial charge in [0.05, 0.1) is 24.7 Å². The number of amidine groups is 1. The lowest BCUT2D eigenvalue weighted by molar-refractivity contribution is -0.156. The molecule has 1 aromatic heterocycles. The van der Waals surface area contributed by atoms with E-state index in [-0.39, 0.29) is 48.4 Å². The maximum atomic E-state index is 11.3. The molecule has 3 rings (SSSR count). The Bertz CT molecular complexity index is 1120. The summed E-state index contributed by atoms with van der Waals surface area (Å²) < 4.78 is 9.02. The van der Waals surface area contributed by atoms with Gasteiger partial charge in [0, 0.05) is 12.1 Å². The number of carboxylic acid groups (broad SMARTS) is 2. The van der Waals surface area contributed by atoms with Crippen molar-refractivity contribution >= 4 is 59.5 Å². The third-order valence-electron chi connectivity index (χ3n) is 5.42. The maximum Gasteiger partial charge on any atom is 0.375 e. The largest absolute Gasteiger partial charge is 0.478 e. The fraction of sp³-hybridized carbons (Fsp3) is 0.500. The average Bonchev–Trinajstić information content (AvgIpc) is 3.46. The predicted molar refractivity (Wildman–Crippen MR) is 139 cm³/mol. The van der Waals surface area contributed by atoms with Crippen LogP contribution in [0.1, 0.15) is 77.9 Å². The first-order chi connectivity index (χ1) is 17.8. The quantitative estimate of drug-likeness (QED) is 0.0969. The van der Waals surface area contributed by atoms with Gasteiger partial charge in [-0.15, -0.1) is 12.4 Å². The van der Waals surface area contributed by atoms with Crippen molar-refractivity contribution in [3.8, 4) is 0 Å². The first-order valence-corrected chi connectivity index (χ1v) is 11.8. The van der Waals surface area contributed by atoms with Gasteiger partial charge in [-0.1, -0.05) is 0 Å². The maximum absolute atomic E-state index is 11.3. The number of Topliss-reactive ketones (excluding diaryl/α,β-unsaturated/α-hetero) is 2. The van der Waals surface area contributed by atoms with E-state index in [0.29, 0.717) is 50.0 Å². The number of nitrogens with one attached hydrogen (secondary N) is 1. The molecule has 0 saturated heterocycles. The highest BCUT2D eigenvalue weighted by molar-refractivity contribution is 6.38. The Hall–Kier alpha value is -4.07. The van der Waals surface area contributed by atoms with Crippen molar-refractivity contribution in [1.29, 1.82) is 5.41 Å². The van der Waals surface area contributed by atoms with Crippen molar-refractivity contribution in [2.75, 3.05) is 18.9 Å². The lowest BCUT2D eigenvalue weighted by atomic mass is 10.0. The molecule has 0 bridgehead atoms. The molecule has 1 unspecified atom stereocenters. The van der Waals surface area contributed by atoms with E-state index in [1.165, 1.54) is 0 Å². The zero-order valence-corrected chi connectivity index (χ0v) is 22.4. The predicted octanol–water partition coefficient (Wildman–Crippen LogP) is 1.33. The smallest absolute Gasteiger partial charge is 0.375 e. The molecule has 39 heavy (non-hydrogen) atoms. The summed E-state index contributed by atoms with van der Waals surface area (Å²) >= 11 is 0. The van der Waals surface area contributed by atoms with E-state index in [0.717, 1.165) is 6.42 Å². The molecule has 0 amide bonds. The molecule has 1 saturated carbocycles. The van der Waals surface area contributed by atoms with Crippen molar-refractivity contribution < 1.29 is 48.5 Å². The Morgan fingerprint density at radius 3 is 2.03 bits per heavy atom. The van der Waals surface area contributed by atoms with E-state index >= 15 is 0 Å². The van der Waals surface area contributed by atoms with Crippen molar-refractivity contribution in [2.24, 2.45) is 11.7 Å². The first-order valence-electron chi connectivity index (χ1n) is 11.8. The van der Waals surface area contributed by atoms with E-state index in [1.54, 1.807) is 13.8 Å². The molecule has 2 aliphatic rings. The number of carbonyl (C=O) groups excluding carboxylic acids is 4. The summed E-state index contributed by atoms with van der Waals surface area (Å²) in [6.45, 7) is 3.84. The second-order valence-corrected chi connectivity index (χ2v) is 8.14. The lowest BCUT2D eigenvalue weighted by Gasteiger charge is -2.09. The van der Waals surface area contributed by atoms with Crippen molar-refractivity contribution in [3.63, 3.8) is 0 Å². The standard InChI is InChI=1S/C10H10N2O4.C9H12O4.C5H10N2O2.ClH/c11-8-7(10(15)16)6(9(13)14)4-2-1-3-5(4)12-8;1-2-13-9(12)8(11)6-4-3-5-7(6)10;1-2-9-5(8)3-4(6)7;/h1-3H2,(H2,11,12)(H,13,14)(H,15,16);6H,2-5H2,1H3;2-3H2,1H3,(H3,6,7);1H. The number of ketones is 2. The number of nitrogens with two attached hydrogens (primary N) is 2. The third-order valence-corrected chi connectivity index (χ3v) is 5.42. The number of anilines is 1. The highest BCUT2D eigenvalue weighted by Crippen LogP contribution is 2.29. The number of nitrogen functional groups attached to an aromatic ring is 1. The monoisotopic (exact) mass is 572 g/mol. The van der Waals surface area contributed by atoms with Crippen LogP contribution in [0.2, 0.25) is 0 Å². The van der Waals surface area contributed by atoms with Crippen molar-refractivity contribution in [3.05, 3.63) is 22.4 Å². The summed E-state index contributed by atoms with van der Waals surface area (Å²) in [5, 5.41) is 24.7. The minimum absolute atomic E-state index is 0. The van der Waals surface area contributed by atoms with Gasteiger partial charge in [-0.05, 0) is 51.5 Å². The van der Waals surface area contributed by atoms with Gasteiger partial charge in [0.2, 0.25) is 5.78 Å². The summed E-state index contributed by atoms with van der Waals surface area (Å²) in [5.41, 5.74) is 10.9. The number of hydrogen-bond acceptors (Lipinski definition) is 11. The van der Waals surface area contributed by atoms with E-state index in [4.69, 9.17) is 27.1 Å². The summed E-state index contributed by atoms with van der Waals surface area (Å²) in [6.07, 6.45) is 3.49. The topological polar surface area (TPSA) is 250 Å². The molecule has 0 spiro atoms. The number of aromatic nitrogens is 1. The minimum atomic E-state index is -1.35. The van der Waals surface area contributed by atoms with Crippen LogP contribution in [-0.4, -0.2) is 69.7 Å². The van der Waals surface area contributed by atoms with Gasteiger partial charge in [0.15, 0.2) is 0 Å². The molecule has 0 aliphatic heterocycles. The van der Waals surface area contributed by atoms with Crippen molar-refractivity contribution in [1.82, 2.24) is 4.98 Å². The summed E-state index contributed by atoms with van der Waals surface area (Å²) in [4.78, 5) is 69.7. The number of carbonyl (C=O) groups is 6. The van der Waals surface area contributed by atoms with Gasteiger partial charge < -0.3 is 31.2 Å². The molecule has 0 aromatic carbocycles. The molecule has 14 nitrogen and oxygen atoms in total. The van der Waals surface area contributed by atoms with Crippen LogP contribution in [0.15, 0.2) is 0 Å². The Labute approximate surface area is 230 Å². The van der Waals surface area contributed by atoms with Crippen LogP contribution in [-0.2, 0) is 41.5 Å². The third kappa shape index (κ3) is 10.3. The highest BCUT2D eigenvalue weighted by Gasteiger charge is 2.35. The number of ether oxygens (including phenoxy) is 2. The Kier molecular flexibility index (Phi) is 15.0. The number of hydrogen-bond donors (Lipinski definition) is 5. The number of carboxylic acids is 2. The first kappa shape index (κ1) is 34.9. The second-order valence-electron chi connectivity index (χ2n) is 8.14. The molecule has 15 heteroatoms. The number of nitrogens with zero attached hydrogens (tertiary/aromatic N) is 1. The molecule has 0 radical (unpaired) electrons. The van der Waals surface area contributed by atoms with E-state index in [1.807, 2.05) is 0 Å². The van der Waals surface area contributed by atoms with E-state index in [9.17, 15) is 28.8 Å².